The molecule has 1 aromatic carbocycles. The van der Waals surface area contributed by atoms with Crippen molar-refractivity contribution in [1.82, 2.24) is 30.2 Å². The van der Waals surface area contributed by atoms with Gasteiger partial charge in [0.1, 0.15) is 30.0 Å². The molecule has 4 aromatic rings. The van der Waals surface area contributed by atoms with Gasteiger partial charge in [0.05, 0.1) is 59.7 Å². The first-order valence-corrected chi connectivity index (χ1v) is 13.7. The van der Waals surface area contributed by atoms with Crippen LogP contribution in [0.4, 0.5) is 5.82 Å². The molecule has 13 heteroatoms. The van der Waals surface area contributed by atoms with E-state index in [9.17, 15) is 15.3 Å². The van der Waals surface area contributed by atoms with Crippen molar-refractivity contribution in [3.05, 3.63) is 57.7 Å². The first-order valence-electron chi connectivity index (χ1n) is 13.3. The van der Waals surface area contributed by atoms with Gasteiger partial charge in [-0.1, -0.05) is 16.8 Å². The highest BCUT2D eigenvalue weighted by molar-refractivity contribution is 6.33. The lowest BCUT2D eigenvalue weighted by Crippen LogP contribution is -2.29. The molecule has 4 heterocycles. The zero-order chi connectivity index (χ0) is 29.3. The Morgan fingerprint density at radius 2 is 1.93 bits per heavy atom. The van der Waals surface area contributed by atoms with Crippen LogP contribution < -0.4 is 15.0 Å². The van der Waals surface area contributed by atoms with Gasteiger partial charge < -0.3 is 34.8 Å². The fraction of sp³-hybridized carbons (Fsp3) is 0.429. The molecule has 0 spiro atoms. The summed E-state index contributed by atoms with van der Waals surface area (Å²) < 4.78 is 13.0. The number of likely N-dealkylation sites (N-methyl/N-ethyl adjacent to an activating group) is 1. The molecule has 3 aromatic heterocycles. The van der Waals surface area contributed by atoms with E-state index in [1.54, 1.807) is 36.1 Å². The highest BCUT2D eigenvalue weighted by atomic mass is 35.5. The van der Waals surface area contributed by atoms with Gasteiger partial charge in [-0.15, -0.1) is 0 Å². The van der Waals surface area contributed by atoms with Crippen LogP contribution in [0, 0.1) is 20.8 Å². The summed E-state index contributed by atoms with van der Waals surface area (Å²) in [4.78, 5) is 12.1. The maximum Gasteiger partial charge on any atom is 0.163 e. The fourth-order valence-electron chi connectivity index (χ4n) is 5.10. The van der Waals surface area contributed by atoms with Crippen molar-refractivity contribution in [2.75, 3.05) is 38.3 Å². The third kappa shape index (κ3) is 5.66. The van der Waals surface area contributed by atoms with Gasteiger partial charge in [-0.05, 0) is 46.0 Å². The van der Waals surface area contributed by atoms with Crippen LogP contribution in [0.15, 0.2) is 28.9 Å². The number of benzene rings is 1. The van der Waals surface area contributed by atoms with Gasteiger partial charge in [-0.2, -0.15) is 5.10 Å². The monoisotopic (exact) mass is 583 g/mol. The van der Waals surface area contributed by atoms with Gasteiger partial charge in [0, 0.05) is 29.8 Å². The lowest BCUT2D eigenvalue weighted by molar-refractivity contribution is 0.108. The number of nitrogens with one attached hydrogen (secondary N) is 1. The molecule has 4 N–H and O–H groups in total. The van der Waals surface area contributed by atoms with Gasteiger partial charge in [-0.3, -0.25) is 4.68 Å². The number of aryl methyl sites for hydroxylation is 2. The third-order valence-corrected chi connectivity index (χ3v) is 7.53. The van der Waals surface area contributed by atoms with E-state index in [4.69, 9.17) is 30.8 Å². The van der Waals surface area contributed by atoms with E-state index >= 15 is 0 Å². The Morgan fingerprint density at radius 3 is 2.61 bits per heavy atom. The largest absolute Gasteiger partial charge is 0.491 e. The Morgan fingerprint density at radius 1 is 1.15 bits per heavy atom. The lowest BCUT2D eigenvalue weighted by atomic mass is 10.0. The standard InChI is InChI=1S/C28H34ClN7O5/c1-15-26(25-16(2)34-41-17(25)3)32-27(22-7-21(5-6-23(22)29)40-14-20(39)9-30-4)33-28(15)35-10-18-8-31-36(24(18)11-35)19(12-37)13-38/h5-8,19-20,30,37-39H,9-14H2,1-4H3/t20-/m1/s1. The number of nitrogens with zero attached hydrogens (tertiary/aromatic N) is 6. The van der Waals surface area contributed by atoms with Crippen molar-refractivity contribution < 1.29 is 24.6 Å². The van der Waals surface area contributed by atoms with Crippen molar-refractivity contribution in [3.8, 4) is 28.4 Å². The molecule has 1 atom stereocenters. The highest BCUT2D eigenvalue weighted by Gasteiger charge is 2.30. The van der Waals surface area contributed by atoms with E-state index in [0.717, 1.165) is 22.4 Å². The molecule has 0 saturated carbocycles. The number of aliphatic hydroxyl groups is 3. The zero-order valence-electron chi connectivity index (χ0n) is 23.4. The predicted octanol–water partition coefficient (Wildman–Crippen LogP) is 2.58. The van der Waals surface area contributed by atoms with Crippen LogP contribution in [-0.4, -0.2) is 79.7 Å². The molecular weight excluding hydrogens is 550 g/mol. The molecule has 0 bridgehead atoms. The number of fused-ring (bicyclic) bond motifs is 1. The minimum Gasteiger partial charge on any atom is -0.491 e. The number of halogens is 1. The Kier molecular flexibility index (Phi) is 8.57. The molecule has 218 valence electrons. The molecule has 12 nitrogen and oxygen atoms in total. The Balaban J connectivity index is 1.58. The van der Waals surface area contributed by atoms with Gasteiger partial charge >= 0.3 is 0 Å². The van der Waals surface area contributed by atoms with Crippen LogP contribution in [0.5, 0.6) is 5.75 Å². The first-order chi connectivity index (χ1) is 19.7. The maximum atomic E-state index is 10.1. The van der Waals surface area contributed by atoms with E-state index in [-0.39, 0.29) is 19.8 Å². The number of anilines is 1. The summed E-state index contributed by atoms with van der Waals surface area (Å²) in [6, 6.07) is 4.71. The van der Waals surface area contributed by atoms with Crippen LogP contribution in [0.1, 0.15) is 34.3 Å². The molecule has 1 aliphatic heterocycles. The van der Waals surface area contributed by atoms with Gasteiger partial charge in [0.25, 0.3) is 0 Å². The summed E-state index contributed by atoms with van der Waals surface area (Å²) in [5.41, 5.74) is 5.48. The Hall–Kier alpha value is -3.55. The third-order valence-electron chi connectivity index (χ3n) is 7.21. The van der Waals surface area contributed by atoms with Crippen LogP contribution in [0.3, 0.4) is 0 Å². The average Bonchev–Trinajstić information content (AvgIpc) is 3.64. The van der Waals surface area contributed by atoms with Crippen molar-refractivity contribution >= 4 is 17.4 Å². The number of aromatic nitrogens is 5. The Labute approximate surface area is 242 Å². The summed E-state index contributed by atoms with van der Waals surface area (Å²) in [5.74, 6) is 2.26. The van der Waals surface area contributed by atoms with Crippen LogP contribution in [0.25, 0.3) is 22.6 Å². The molecule has 0 saturated heterocycles. The van der Waals surface area contributed by atoms with E-state index < -0.39 is 12.1 Å². The van der Waals surface area contributed by atoms with Crippen molar-refractivity contribution in [1.29, 1.82) is 0 Å². The lowest BCUT2D eigenvalue weighted by Gasteiger charge is -2.23. The van der Waals surface area contributed by atoms with E-state index in [2.05, 4.69) is 20.5 Å². The van der Waals surface area contributed by atoms with E-state index in [1.165, 1.54) is 0 Å². The molecule has 0 amide bonds. The summed E-state index contributed by atoms with van der Waals surface area (Å²) in [5, 5.41) is 41.5. The first kappa shape index (κ1) is 29.0. The second-order valence-electron chi connectivity index (χ2n) is 10.1. The molecular formula is C28H34ClN7O5. The molecule has 0 aliphatic carbocycles. The number of hydrogen-bond donors (Lipinski definition) is 4. The zero-order valence-corrected chi connectivity index (χ0v) is 24.2. The SMILES string of the molecule is CNC[C@@H](O)COc1ccc(Cl)c(-c2nc(-c3c(C)noc3C)c(C)c(N3Cc4cnn(C(CO)CO)c4C3)n2)c1. The molecule has 5 rings (SSSR count). The van der Waals surface area contributed by atoms with Gasteiger partial charge in [0.15, 0.2) is 5.82 Å². The number of rotatable bonds is 11. The van der Waals surface area contributed by atoms with Gasteiger partial charge in [-0.25, -0.2) is 9.97 Å². The highest BCUT2D eigenvalue weighted by Crippen LogP contribution is 2.39. The number of ether oxygens (including phenoxy) is 1. The summed E-state index contributed by atoms with van der Waals surface area (Å²) in [6.07, 6.45) is 1.09. The Bertz CT molecular complexity index is 1520. The van der Waals surface area contributed by atoms with Crippen molar-refractivity contribution in [2.45, 2.75) is 46.0 Å². The topological polar surface area (TPSA) is 155 Å². The minimum atomic E-state index is -0.670. The smallest absolute Gasteiger partial charge is 0.163 e. The second-order valence-corrected chi connectivity index (χ2v) is 10.6. The average molecular weight is 584 g/mol. The molecule has 0 radical (unpaired) electrons. The normalized spacial score (nSPS) is 13.7. The van der Waals surface area contributed by atoms with Crippen molar-refractivity contribution in [3.63, 3.8) is 0 Å². The van der Waals surface area contributed by atoms with Crippen LogP contribution >= 0.6 is 11.6 Å². The predicted molar refractivity (Wildman–Crippen MR) is 153 cm³/mol. The summed E-state index contributed by atoms with van der Waals surface area (Å²) >= 11 is 6.68. The number of hydrogen-bond acceptors (Lipinski definition) is 11. The molecule has 1 aliphatic rings. The number of aliphatic hydroxyl groups excluding tert-OH is 3. The van der Waals surface area contributed by atoms with Gasteiger partial charge in [0.2, 0.25) is 0 Å². The van der Waals surface area contributed by atoms with Crippen molar-refractivity contribution in [2.24, 2.45) is 0 Å². The molecule has 0 unspecified atom stereocenters. The fourth-order valence-corrected chi connectivity index (χ4v) is 5.30. The van der Waals surface area contributed by atoms with E-state index in [0.29, 0.717) is 64.8 Å². The molecule has 41 heavy (non-hydrogen) atoms. The van der Waals surface area contributed by atoms with E-state index in [1.807, 2.05) is 20.8 Å². The minimum absolute atomic E-state index is 0.109. The van der Waals surface area contributed by atoms with Crippen LogP contribution in [0.2, 0.25) is 5.02 Å². The summed E-state index contributed by atoms with van der Waals surface area (Å²) in [7, 11) is 1.76. The molecule has 0 fully saturated rings. The summed E-state index contributed by atoms with van der Waals surface area (Å²) in [6.45, 7) is 6.76. The quantitative estimate of drug-likeness (QED) is 0.206. The van der Waals surface area contributed by atoms with Crippen LogP contribution in [-0.2, 0) is 13.1 Å². The second kappa shape index (κ2) is 12.1. The maximum absolute atomic E-state index is 10.1.